The largest absolute Gasteiger partial charge is 0.340 e. The minimum atomic E-state index is 0.328. The second-order valence-corrected chi connectivity index (χ2v) is 7.89. The third-order valence-corrected chi connectivity index (χ3v) is 5.64. The Morgan fingerprint density at radius 1 is 1.20 bits per heavy atom. The Kier molecular flexibility index (Phi) is 6.07. The van der Waals surface area contributed by atoms with E-state index < -0.39 is 0 Å². The lowest BCUT2D eigenvalue weighted by Crippen LogP contribution is -2.51. The molecule has 5 nitrogen and oxygen atoms in total. The molecule has 2 aliphatic rings. The normalized spacial score (nSPS) is 23.4. The number of carbonyl (C=O) groups is 1. The summed E-state index contributed by atoms with van der Waals surface area (Å²) in [5.41, 5.74) is 2.49. The lowest BCUT2D eigenvalue weighted by Gasteiger charge is -2.40. The predicted octanol–water partition coefficient (Wildman–Crippen LogP) is 2.15. The smallest absolute Gasteiger partial charge is 0.222 e. The molecule has 1 aromatic rings. The maximum atomic E-state index is 12.0. The SMILES string of the molecule is Cc1cccnc1CN1CCN(CC2CCC(=O)N(C(C)C)C2)CC1. The molecule has 0 spiro atoms. The number of piperidine rings is 1. The Labute approximate surface area is 152 Å². The highest BCUT2D eigenvalue weighted by Crippen LogP contribution is 2.21. The zero-order chi connectivity index (χ0) is 17.8. The lowest BCUT2D eigenvalue weighted by atomic mass is 9.95. The molecule has 0 N–H and O–H groups in total. The predicted molar refractivity (Wildman–Crippen MR) is 100 cm³/mol. The highest BCUT2D eigenvalue weighted by molar-refractivity contribution is 5.77. The van der Waals surface area contributed by atoms with Crippen molar-refractivity contribution in [2.45, 2.75) is 46.2 Å². The molecule has 1 aromatic heterocycles. The number of nitrogens with zero attached hydrogens (tertiary/aromatic N) is 4. The van der Waals surface area contributed by atoms with Gasteiger partial charge in [0.1, 0.15) is 0 Å². The number of rotatable bonds is 5. The summed E-state index contributed by atoms with van der Waals surface area (Å²) in [4.78, 5) is 23.7. The molecule has 0 radical (unpaired) electrons. The Hall–Kier alpha value is -1.46. The van der Waals surface area contributed by atoms with Crippen LogP contribution in [0.5, 0.6) is 0 Å². The highest BCUT2D eigenvalue weighted by atomic mass is 16.2. The van der Waals surface area contributed by atoms with Crippen LogP contribution in [0.2, 0.25) is 0 Å². The topological polar surface area (TPSA) is 39.7 Å². The van der Waals surface area contributed by atoms with Crippen LogP contribution in [0.4, 0.5) is 0 Å². The number of amides is 1. The molecule has 2 fully saturated rings. The van der Waals surface area contributed by atoms with Gasteiger partial charge in [0.05, 0.1) is 5.69 Å². The fourth-order valence-electron chi connectivity index (χ4n) is 3.98. The Morgan fingerprint density at radius 2 is 1.92 bits per heavy atom. The first-order valence-electron chi connectivity index (χ1n) is 9.67. The van der Waals surface area contributed by atoms with E-state index in [1.54, 1.807) is 0 Å². The van der Waals surface area contributed by atoms with Gasteiger partial charge in [0.15, 0.2) is 0 Å². The molecule has 0 saturated carbocycles. The van der Waals surface area contributed by atoms with E-state index in [1.165, 1.54) is 11.3 Å². The molecule has 1 atom stereocenters. The van der Waals surface area contributed by atoms with Crippen LogP contribution in [0.25, 0.3) is 0 Å². The first-order valence-corrected chi connectivity index (χ1v) is 9.67. The summed E-state index contributed by atoms with van der Waals surface area (Å²) < 4.78 is 0. The van der Waals surface area contributed by atoms with Gasteiger partial charge in [0.25, 0.3) is 0 Å². The first kappa shape index (κ1) is 18.3. The summed E-state index contributed by atoms with van der Waals surface area (Å²) >= 11 is 0. The third-order valence-electron chi connectivity index (χ3n) is 5.64. The molecule has 3 rings (SSSR count). The van der Waals surface area contributed by atoms with Gasteiger partial charge in [-0.05, 0) is 44.7 Å². The van der Waals surface area contributed by atoms with Crippen LogP contribution in [0.1, 0.15) is 37.9 Å². The minimum absolute atomic E-state index is 0.328. The molecule has 1 unspecified atom stereocenters. The van der Waals surface area contributed by atoms with Gasteiger partial charge in [-0.15, -0.1) is 0 Å². The Balaban J connectivity index is 1.45. The van der Waals surface area contributed by atoms with Crippen LogP contribution in [-0.4, -0.2) is 70.9 Å². The van der Waals surface area contributed by atoms with Gasteiger partial charge in [-0.1, -0.05) is 6.07 Å². The van der Waals surface area contributed by atoms with Gasteiger partial charge in [-0.2, -0.15) is 0 Å². The van der Waals surface area contributed by atoms with Crippen molar-refractivity contribution >= 4 is 5.91 Å². The van der Waals surface area contributed by atoms with Gasteiger partial charge >= 0.3 is 0 Å². The average molecular weight is 345 g/mol. The number of hydrogen-bond donors (Lipinski definition) is 0. The van der Waals surface area contributed by atoms with E-state index in [0.29, 0.717) is 17.9 Å². The molecule has 138 valence electrons. The van der Waals surface area contributed by atoms with Crippen molar-refractivity contribution in [3.8, 4) is 0 Å². The van der Waals surface area contributed by atoms with Crippen LogP contribution in [0, 0.1) is 12.8 Å². The van der Waals surface area contributed by atoms with Gasteiger partial charge < -0.3 is 9.80 Å². The van der Waals surface area contributed by atoms with E-state index in [1.807, 2.05) is 12.3 Å². The number of carbonyl (C=O) groups excluding carboxylic acids is 1. The fraction of sp³-hybridized carbons (Fsp3) is 0.700. The third kappa shape index (κ3) is 4.79. The molecule has 25 heavy (non-hydrogen) atoms. The molecular formula is C20H32N4O. The van der Waals surface area contributed by atoms with E-state index in [-0.39, 0.29) is 0 Å². The van der Waals surface area contributed by atoms with E-state index in [0.717, 1.165) is 58.7 Å². The molecule has 2 aliphatic heterocycles. The summed E-state index contributed by atoms with van der Waals surface area (Å²) in [5.74, 6) is 0.964. The first-order chi connectivity index (χ1) is 12.0. The van der Waals surface area contributed by atoms with E-state index in [4.69, 9.17) is 0 Å². The number of pyridine rings is 1. The maximum absolute atomic E-state index is 12.0. The number of aromatic nitrogens is 1. The van der Waals surface area contributed by atoms with Crippen LogP contribution < -0.4 is 0 Å². The maximum Gasteiger partial charge on any atom is 0.222 e. The minimum Gasteiger partial charge on any atom is -0.340 e. The summed E-state index contributed by atoms with van der Waals surface area (Å²) in [5, 5.41) is 0. The van der Waals surface area contributed by atoms with Gasteiger partial charge in [-0.3, -0.25) is 14.7 Å². The standard InChI is InChI=1S/C20H32N4O/c1-16(2)24-14-18(6-7-20(24)25)13-22-9-11-23(12-10-22)15-19-17(3)5-4-8-21-19/h4-5,8,16,18H,6-7,9-15H2,1-3H3. The number of hydrogen-bond acceptors (Lipinski definition) is 4. The molecule has 5 heteroatoms. The molecule has 3 heterocycles. The quantitative estimate of drug-likeness (QED) is 0.821. The number of piperazine rings is 1. The van der Waals surface area contributed by atoms with Crippen LogP contribution in [0.15, 0.2) is 18.3 Å². The van der Waals surface area contributed by atoms with Crippen molar-refractivity contribution < 1.29 is 4.79 Å². The Morgan fingerprint density at radius 3 is 2.60 bits per heavy atom. The van der Waals surface area contributed by atoms with Gasteiger partial charge in [0, 0.05) is 64.5 Å². The van der Waals surface area contributed by atoms with Crippen LogP contribution >= 0.6 is 0 Å². The number of likely N-dealkylation sites (tertiary alicyclic amines) is 1. The highest BCUT2D eigenvalue weighted by Gasteiger charge is 2.29. The van der Waals surface area contributed by atoms with Crippen LogP contribution in [-0.2, 0) is 11.3 Å². The average Bonchev–Trinajstić information content (AvgIpc) is 2.60. The Bertz CT molecular complexity index is 581. The van der Waals surface area contributed by atoms with E-state index >= 15 is 0 Å². The second-order valence-electron chi connectivity index (χ2n) is 7.89. The van der Waals surface area contributed by atoms with Crippen molar-refractivity contribution in [2.24, 2.45) is 5.92 Å². The van der Waals surface area contributed by atoms with Crippen molar-refractivity contribution in [1.82, 2.24) is 19.7 Å². The molecular weight excluding hydrogens is 312 g/mol. The van der Waals surface area contributed by atoms with Crippen molar-refractivity contribution in [3.63, 3.8) is 0 Å². The zero-order valence-electron chi connectivity index (χ0n) is 15.9. The summed E-state index contributed by atoms with van der Waals surface area (Å²) in [7, 11) is 0. The molecule has 0 aromatic carbocycles. The van der Waals surface area contributed by atoms with Crippen molar-refractivity contribution in [2.75, 3.05) is 39.3 Å². The fourth-order valence-corrected chi connectivity index (χ4v) is 3.98. The van der Waals surface area contributed by atoms with Gasteiger partial charge in [-0.25, -0.2) is 0 Å². The van der Waals surface area contributed by atoms with Gasteiger partial charge in [0.2, 0.25) is 5.91 Å². The van der Waals surface area contributed by atoms with E-state index in [2.05, 4.69) is 46.5 Å². The summed E-state index contributed by atoms with van der Waals surface area (Å²) in [6.07, 6.45) is 3.67. The molecule has 0 aliphatic carbocycles. The summed E-state index contributed by atoms with van der Waals surface area (Å²) in [6, 6.07) is 4.48. The zero-order valence-corrected chi connectivity index (χ0v) is 15.9. The lowest BCUT2D eigenvalue weighted by molar-refractivity contribution is -0.137. The van der Waals surface area contributed by atoms with Crippen molar-refractivity contribution in [3.05, 3.63) is 29.6 Å². The molecule has 2 saturated heterocycles. The van der Waals surface area contributed by atoms with Crippen molar-refractivity contribution in [1.29, 1.82) is 0 Å². The monoisotopic (exact) mass is 344 g/mol. The molecule has 0 bridgehead atoms. The molecule has 1 amide bonds. The van der Waals surface area contributed by atoms with Crippen LogP contribution in [0.3, 0.4) is 0 Å². The second kappa shape index (κ2) is 8.28. The van der Waals surface area contributed by atoms with E-state index in [9.17, 15) is 4.79 Å². The summed E-state index contributed by atoms with van der Waals surface area (Å²) in [6.45, 7) is 13.9. The number of aryl methyl sites for hydroxylation is 1.